The molecule has 1 unspecified atom stereocenters. The van der Waals surface area contributed by atoms with Crippen molar-refractivity contribution in [2.45, 2.75) is 25.0 Å². The zero-order valence-corrected chi connectivity index (χ0v) is 10.7. The van der Waals surface area contributed by atoms with Gasteiger partial charge in [-0.15, -0.1) is 0 Å². The Morgan fingerprint density at radius 2 is 1.95 bits per heavy atom. The molecule has 0 N–H and O–H groups in total. The second kappa shape index (κ2) is 5.02. The fourth-order valence-corrected chi connectivity index (χ4v) is 2.38. The van der Waals surface area contributed by atoms with Crippen LogP contribution in [-0.2, 0) is 14.3 Å². The van der Waals surface area contributed by atoms with E-state index in [2.05, 4.69) is 0 Å². The molecule has 19 heavy (non-hydrogen) atoms. The summed E-state index contributed by atoms with van der Waals surface area (Å²) in [5.74, 6) is -0.523. The summed E-state index contributed by atoms with van der Waals surface area (Å²) in [6.45, 7) is 0.593. The molecular formula is C16H16O3. The Bertz CT molecular complexity index is 522. The molecule has 3 nitrogen and oxygen atoms in total. The second-order valence-electron chi connectivity index (χ2n) is 4.82. The van der Waals surface area contributed by atoms with Crippen molar-refractivity contribution in [2.24, 2.45) is 0 Å². The van der Waals surface area contributed by atoms with Gasteiger partial charge in [0, 0.05) is 12.5 Å². The minimum Gasteiger partial charge on any atom is -0.454 e. The summed E-state index contributed by atoms with van der Waals surface area (Å²) in [4.78, 5) is 12.0. The predicted octanol–water partition coefficient (Wildman–Crippen LogP) is 3.08. The van der Waals surface area contributed by atoms with Crippen molar-refractivity contribution in [3.63, 3.8) is 0 Å². The maximum atomic E-state index is 12.0. The number of ketones is 1. The average Bonchev–Trinajstić information content (AvgIpc) is 2.75. The minimum atomic E-state index is -1.03. The molecule has 0 radical (unpaired) electrons. The highest BCUT2D eigenvalue weighted by Crippen LogP contribution is 2.35. The third-order valence-electron chi connectivity index (χ3n) is 3.41. The summed E-state index contributed by atoms with van der Waals surface area (Å²) in [5, 5.41) is 0. The van der Waals surface area contributed by atoms with E-state index in [1.165, 1.54) is 6.08 Å². The van der Waals surface area contributed by atoms with Gasteiger partial charge in [-0.1, -0.05) is 36.4 Å². The van der Waals surface area contributed by atoms with Gasteiger partial charge in [0.25, 0.3) is 5.79 Å². The number of hydrogen-bond donors (Lipinski definition) is 0. The number of carbonyl (C=O) groups is 1. The van der Waals surface area contributed by atoms with Gasteiger partial charge in [-0.05, 0) is 24.5 Å². The van der Waals surface area contributed by atoms with E-state index in [4.69, 9.17) is 9.47 Å². The van der Waals surface area contributed by atoms with E-state index in [1.807, 2.05) is 42.5 Å². The summed E-state index contributed by atoms with van der Waals surface area (Å²) in [7, 11) is 0. The summed E-state index contributed by atoms with van der Waals surface area (Å²) >= 11 is 0. The second-order valence-corrected chi connectivity index (χ2v) is 4.82. The third-order valence-corrected chi connectivity index (χ3v) is 3.41. The van der Waals surface area contributed by atoms with E-state index in [0.29, 0.717) is 18.8 Å². The molecule has 1 fully saturated rings. The molecule has 0 amide bonds. The van der Waals surface area contributed by atoms with Crippen molar-refractivity contribution in [3.05, 3.63) is 53.8 Å². The maximum absolute atomic E-state index is 12.0. The van der Waals surface area contributed by atoms with E-state index < -0.39 is 5.79 Å². The third kappa shape index (κ3) is 2.47. The molecular weight excluding hydrogens is 240 g/mol. The molecule has 0 aliphatic carbocycles. The number of carbonyl (C=O) groups excluding carboxylic acids is 1. The van der Waals surface area contributed by atoms with Gasteiger partial charge in [-0.2, -0.15) is 0 Å². The van der Waals surface area contributed by atoms with E-state index in [-0.39, 0.29) is 5.78 Å². The highest BCUT2D eigenvalue weighted by atomic mass is 16.7. The van der Waals surface area contributed by atoms with E-state index in [0.717, 1.165) is 18.4 Å². The van der Waals surface area contributed by atoms with Crippen molar-refractivity contribution in [1.82, 2.24) is 0 Å². The first-order valence-electron chi connectivity index (χ1n) is 6.61. The Morgan fingerprint density at radius 1 is 1.11 bits per heavy atom. The first kappa shape index (κ1) is 12.2. The Hall–Kier alpha value is -1.87. The molecule has 3 heteroatoms. The number of rotatable bonds is 2. The van der Waals surface area contributed by atoms with E-state index in [9.17, 15) is 4.79 Å². The number of benzene rings is 1. The van der Waals surface area contributed by atoms with Crippen LogP contribution >= 0.6 is 0 Å². The van der Waals surface area contributed by atoms with Crippen LogP contribution in [0.1, 0.15) is 24.8 Å². The summed E-state index contributed by atoms with van der Waals surface area (Å²) in [6, 6.07) is 9.92. The highest BCUT2D eigenvalue weighted by Gasteiger charge is 2.46. The van der Waals surface area contributed by atoms with Crippen LogP contribution in [0.5, 0.6) is 0 Å². The largest absolute Gasteiger partial charge is 0.454 e. The normalized spacial score (nSPS) is 26.7. The number of allylic oxidation sites excluding steroid dienone is 1. The van der Waals surface area contributed by atoms with Crippen LogP contribution in [-0.4, -0.2) is 18.2 Å². The molecule has 1 spiro atoms. The molecule has 2 heterocycles. The molecule has 0 aromatic heterocycles. The quantitative estimate of drug-likeness (QED) is 0.815. The monoisotopic (exact) mass is 256 g/mol. The summed E-state index contributed by atoms with van der Waals surface area (Å²) in [6.07, 6.45) is 7.89. The summed E-state index contributed by atoms with van der Waals surface area (Å²) in [5.41, 5.74) is 1.07. The fraction of sp³-hybridized carbons (Fsp3) is 0.312. The van der Waals surface area contributed by atoms with Gasteiger partial charge in [0.1, 0.15) is 5.76 Å². The lowest BCUT2D eigenvalue weighted by atomic mass is 10.0. The number of ether oxygens (including phenoxy) is 2. The van der Waals surface area contributed by atoms with Crippen LogP contribution in [0.3, 0.4) is 0 Å². The predicted molar refractivity (Wildman–Crippen MR) is 72.2 cm³/mol. The molecule has 1 aromatic carbocycles. The first-order valence-corrected chi connectivity index (χ1v) is 6.61. The molecule has 0 bridgehead atoms. The lowest BCUT2D eigenvalue weighted by Gasteiger charge is -2.31. The van der Waals surface area contributed by atoms with Gasteiger partial charge in [0.05, 0.1) is 6.61 Å². The Labute approximate surface area is 112 Å². The highest BCUT2D eigenvalue weighted by molar-refractivity contribution is 5.98. The first-order chi connectivity index (χ1) is 9.28. The summed E-state index contributed by atoms with van der Waals surface area (Å²) < 4.78 is 11.3. The topological polar surface area (TPSA) is 35.5 Å². The van der Waals surface area contributed by atoms with E-state index in [1.54, 1.807) is 0 Å². The average molecular weight is 256 g/mol. The molecule has 1 aromatic rings. The molecule has 1 saturated heterocycles. The lowest BCUT2D eigenvalue weighted by molar-refractivity contribution is -0.214. The molecule has 3 rings (SSSR count). The Balaban J connectivity index is 1.72. The van der Waals surface area contributed by atoms with Gasteiger partial charge >= 0.3 is 0 Å². The van der Waals surface area contributed by atoms with Gasteiger partial charge < -0.3 is 9.47 Å². The smallest absolute Gasteiger partial charge is 0.274 e. The van der Waals surface area contributed by atoms with Crippen LogP contribution in [0.15, 0.2) is 48.2 Å². The molecule has 2 aliphatic heterocycles. The van der Waals surface area contributed by atoms with Crippen LogP contribution < -0.4 is 0 Å². The standard InChI is InChI=1S/C16H16O3/c17-15-12-14(9-8-13-6-2-1-3-7-13)19-16(15)10-4-5-11-18-16/h1-3,6-9,12H,4-5,10-11H2/b9-8+. The SMILES string of the molecule is O=C1C=C(/C=C/c2ccccc2)OC12CCCCO2. The van der Waals surface area contributed by atoms with Crippen LogP contribution in [0.25, 0.3) is 6.08 Å². The van der Waals surface area contributed by atoms with Gasteiger partial charge in [-0.3, -0.25) is 4.79 Å². The Kier molecular flexibility index (Phi) is 3.22. The van der Waals surface area contributed by atoms with Gasteiger partial charge in [0.15, 0.2) is 0 Å². The zero-order valence-electron chi connectivity index (χ0n) is 10.7. The molecule has 98 valence electrons. The number of hydrogen-bond acceptors (Lipinski definition) is 3. The maximum Gasteiger partial charge on any atom is 0.274 e. The van der Waals surface area contributed by atoms with Crippen molar-refractivity contribution in [3.8, 4) is 0 Å². The van der Waals surface area contributed by atoms with Crippen molar-refractivity contribution in [1.29, 1.82) is 0 Å². The molecule has 1 atom stereocenters. The van der Waals surface area contributed by atoms with Crippen LogP contribution in [0.2, 0.25) is 0 Å². The minimum absolute atomic E-state index is 0.0695. The van der Waals surface area contributed by atoms with Crippen molar-refractivity contribution < 1.29 is 14.3 Å². The molecule has 0 saturated carbocycles. The van der Waals surface area contributed by atoms with E-state index >= 15 is 0 Å². The fourth-order valence-electron chi connectivity index (χ4n) is 2.38. The molecule has 2 aliphatic rings. The zero-order chi connectivity index (χ0) is 13.1. The van der Waals surface area contributed by atoms with Crippen molar-refractivity contribution >= 4 is 11.9 Å². The van der Waals surface area contributed by atoms with Gasteiger partial charge in [-0.25, -0.2) is 0 Å². The lowest BCUT2D eigenvalue weighted by Crippen LogP contribution is -2.42. The van der Waals surface area contributed by atoms with Crippen LogP contribution in [0.4, 0.5) is 0 Å². The van der Waals surface area contributed by atoms with Crippen molar-refractivity contribution in [2.75, 3.05) is 6.61 Å². The van der Waals surface area contributed by atoms with Crippen LogP contribution in [0, 0.1) is 0 Å². The van der Waals surface area contributed by atoms with Gasteiger partial charge in [0.2, 0.25) is 5.78 Å². The Morgan fingerprint density at radius 3 is 2.68 bits per heavy atom.